The Hall–Kier alpha value is -4.46. The summed E-state index contributed by atoms with van der Waals surface area (Å²) >= 11 is 0. The van der Waals surface area contributed by atoms with E-state index >= 15 is 0 Å². The van der Waals surface area contributed by atoms with Crippen molar-refractivity contribution in [1.82, 2.24) is 15.0 Å². The van der Waals surface area contributed by atoms with Crippen molar-refractivity contribution >= 4 is 12.2 Å². The van der Waals surface area contributed by atoms with Crippen LogP contribution in [0.15, 0.2) is 76.4 Å². The molecule has 0 radical (unpaired) electrons. The van der Waals surface area contributed by atoms with Gasteiger partial charge in [0.1, 0.15) is 33.8 Å². The number of aromatic nitrogens is 3. The Morgan fingerprint density at radius 2 is 1.59 bits per heavy atom. The zero-order valence-corrected chi connectivity index (χ0v) is 18.4. The van der Waals surface area contributed by atoms with Gasteiger partial charge in [0.05, 0.1) is 18.5 Å². The van der Waals surface area contributed by atoms with Gasteiger partial charge in [0.15, 0.2) is 0 Å². The number of nitrogens with zero attached hydrogens (tertiary/aromatic N) is 1. The molecule has 0 amide bonds. The smallest absolute Gasteiger partial charge is 0.272 e. The van der Waals surface area contributed by atoms with E-state index in [-0.39, 0.29) is 16.5 Å². The number of halogens is 1. The number of hydrogen-bond acceptors (Lipinski definition) is 5. The molecule has 0 aliphatic carbocycles. The molecule has 0 saturated carbocycles. The Bertz CT molecular complexity index is 1510. The lowest BCUT2D eigenvalue weighted by Gasteiger charge is -2.06. The molecule has 2 heterocycles. The molecule has 0 bridgehead atoms. The molecule has 2 aromatic carbocycles. The van der Waals surface area contributed by atoms with Crippen molar-refractivity contribution in [3.05, 3.63) is 115 Å². The van der Waals surface area contributed by atoms with Crippen LogP contribution in [-0.4, -0.2) is 21.6 Å². The van der Waals surface area contributed by atoms with Crippen LogP contribution in [0.3, 0.4) is 0 Å². The Morgan fingerprint density at radius 1 is 0.882 bits per heavy atom. The number of aromatic amines is 2. The fourth-order valence-electron chi connectivity index (χ4n) is 3.10. The fourth-order valence-corrected chi connectivity index (χ4v) is 3.10. The average molecular weight is 459 g/mol. The summed E-state index contributed by atoms with van der Waals surface area (Å²) in [6.45, 7) is 2.61. The molecule has 0 unspecified atom stereocenters. The first kappa shape index (κ1) is 22.7. The molecule has 2 N–H and O–H groups in total. The van der Waals surface area contributed by atoms with Gasteiger partial charge in [0.25, 0.3) is 11.1 Å². The molecule has 2 aromatic heterocycles. The molecule has 7 nitrogen and oxygen atoms in total. The first-order chi connectivity index (χ1) is 16.5. The number of hydrogen-bond donors (Lipinski definition) is 2. The van der Waals surface area contributed by atoms with Gasteiger partial charge in [-0.3, -0.25) is 14.6 Å². The molecule has 0 atom stereocenters. The summed E-state index contributed by atoms with van der Waals surface area (Å²) in [6.07, 6.45) is 5.49. The number of H-pyrrole nitrogens is 2. The monoisotopic (exact) mass is 459 g/mol. The summed E-state index contributed by atoms with van der Waals surface area (Å²) < 4.78 is 24.3. The van der Waals surface area contributed by atoms with E-state index in [0.717, 1.165) is 6.42 Å². The van der Waals surface area contributed by atoms with E-state index in [4.69, 9.17) is 9.47 Å². The van der Waals surface area contributed by atoms with Crippen molar-refractivity contribution in [2.24, 2.45) is 0 Å². The lowest BCUT2D eigenvalue weighted by atomic mass is 10.2. The Labute approximate surface area is 193 Å². The standard InChI is InChI=1S/C26H22FN3O4/c1-2-12-33-22-11-8-19(28-16-22)15-24-26(32)29-23(25(31)30-24)14-17-4-3-5-21(13-17)34-20-9-6-18(27)7-10-20/h3-11,13-16H,2,12H2,1H3,(H,29,32)(H,30,31)/b23-14-,24-15-. The summed E-state index contributed by atoms with van der Waals surface area (Å²) in [5.41, 5.74) is 0.227. The van der Waals surface area contributed by atoms with Crippen LogP contribution in [0.5, 0.6) is 17.2 Å². The third kappa shape index (κ3) is 5.86. The average Bonchev–Trinajstić information content (AvgIpc) is 2.83. The minimum atomic E-state index is -0.460. The summed E-state index contributed by atoms with van der Waals surface area (Å²) in [6, 6.07) is 16.0. The van der Waals surface area contributed by atoms with E-state index in [1.807, 2.05) is 6.92 Å². The molecule has 0 saturated heterocycles. The molecule has 8 heteroatoms. The van der Waals surface area contributed by atoms with Gasteiger partial charge in [-0.2, -0.15) is 0 Å². The minimum Gasteiger partial charge on any atom is -0.492 e. The Morgan fingerprint density at radius 3 is 2.26 bits per heavy atom. The SMILES string of the molecule is CCCOc1ccc(/C=c2\[nH]c(=O)/c(=C/c3cccc(Oc4ccc(F)cc4)c3)[nH]c2=O)nc1. The summed E-state index contributed by atoms with van der Waals surface area (Å²) in [5.74, 6) is 1.26. The number of rotatable bonds is 7. The van der Waals surface area contributed by atoms with Crippen molar-refractivity contribution in [3.8, 4) is 17.2 Å². The van der Waals surface area contributed by atoms with Crippen molar-refractivity contribution < 1.29 is 13.9 Å². The maximum Gasteiger partial charge on any atom is 0.272 e. The predicted octanol–water partition coefficient (Wildman–Crippen LogP) is 2.84. The molecule has 0 fully saturated rings. The maximum absolute atomic E-state index is 13.1. The van der Waals surface area contributed by atoms with E-state index < -0.39 is 11.1 Å². The molecular formula is C26H22FN3O4. The Balaban J connectivity index is 1.60. The van der Waals surface area contributed by atoms with Crippen LogP contribution in [-0.2, 0) is 0 Å². The highest BCUT2D eigenvalue weighted by Crippen LogP contribution is 2.22. The maximum atomic E-state index is 13.1. The molecule has 4 aromatic rings. The van der Waals surface area contributed by atoms with Crippen LogP contribution < -0.4 is 31.3 Å². The van der Waals surface area contributed by atoms with E-state index in [1.54, 1.807) is 48.7 Å². The lowest BCUT2D eigenvalue weighted by molar-refractivity contribution is 0.316. The third-order valence-corrected chi connectivity index (χ3v) is 4.73. The van der Waals surface area contributed by atoms with E-state index in [2.05, 4.69) is 15.0 Å². The van der Waals surface area contributed by atoms with Gasteiger partial charge < -0.3 is 19.4 Å². The number of pyridine rings is 1. The molecule has 0 spiro atoms. The summed E-state index contributed by atoms with van der Waals surface area (Å²) in [7, 11) is 0. The molecule has 34 heavy (non-hydrogen) atoms. The zero-order valence-electron chi connectivity index (χ0n) is 18.4. The highest BCUT2D eigenvalue weighted by atomic mass is 19.1. The van der Waals surface area contributed by atoms with Gasteiger partial charge in [0.2, 0.25) is 0 Å². The van der Waals surface area contributed by atoms with Gasteiger partial charge in [0, 0.05) is 0 Å². The number of benzene rings is 2. The third-order valence-electron chi connectivity index (χ3n) is 4.73. The van der Waals surface area contributed by atoms with Crippen molar-refractivity contribution in [2.75, 3.05) is 6.61 Å². The first-order valence-electron chi connectivity index (χ1n) is 10.7. The number of nitrogens with one attached hydrogen (secondary N) is 2. The van der Waals surface area contributed by atoms with Crippen LogP contribution in [0.25, 0.3) is 12.2 Å². The van der Waals surface area contributed by atoms with Gasteiger partial charge >= 0.3 is 0 Å². The highest BCUT2D eigenvalue weighted by molar-refractivity contribution is 5.51. The van der Waals surface area contributed by atoms with Crippen LogP contribution in [0.2, 0.25) is 0 Å². The molecule has 4 rings (SSSR count). The second-order valence-electron chi connectivity index (χ2n) is 7.42. The minimum absolute atomic E-state index is 0.0882. The van der Waals surface area contributed by atoms with Crippen LogP contribution in [0, 0.1) is 5.82 Å². The van der Waals surface area contributed by atoms with Crippen LogP contribution in [0.1, 0.15) is 24.6 Å². The normalized spacial score (nSPS) is 12.1. The van der Waals surface area contributed by atoms with Crippen molar-refractivity contribution in [1.29, 1.82) is 0 Å². The Kier molecular flexibility index (Phi) is 6.98. The highest BCUT2D eigenvalue weighted by Gasteiger charge is 2.02. The van der Waals surface area contributed by atoms with Crippen molar-refractivity contribution in [2.45, 2.75) is 13.3 Å². The van der Waals surface area contributed by atoms with Gasteiger partial charge in [-0.1, -0.05) is 19.1 Å². The van der Waals surface area contributed by atoms with E-state index in [0.29, 0.717) is 35.1 Å². The second kappa shape index (κ2) is 10.4. The van der Waals surface area contributed by atoms with Gasteiger partial charge in [-0.25, -0.2) is 4.39 Å². The van der Waals surface area contributed by atoms with Gasteiger partial charge in [-0.05, 0) is 72.7 Å². The zero-order chi connectivity index (χ0) is 23.9. The molecular weight excluding hydrogens is 437 g/mol. The molecule has 172 valence electrons. The predicted molar refractivity (Wildman–Crippen MR) is 127 cm³/mol. The summed E-state index contributed by atoms with van der Waals surface area (Å²) in [4.78, 5) is 34.6. The fraction of sp³-hybridized carbons (Fsp3) is 0.115. The van der Waals surface area contributed by atoms with E-state index in [1.165, 1.54) is 30.3 Å². The van der Waals surface area contributed by atoms with Crippen LogP contribution >= 0.6 is 0 Å². The number of ether oxygens (including phenoxy) is 2. The van der Waals surface area contributed by atoms with Gasteiger partial charge in [-0.15, -0.1) is 0 Å². The van der Waals surface area contributed by atoms with E-state index in [9.17, 15) is 14.0 Å². The van der Waals surface area contributed by atoms with Crippen LogP contribution in [0.4, 0.5) is 4.39 Å². The van der Waals surface area contributed by atoms with Crippen molar-refractivity contribution in [3.63, 3.8) is 0 Å². The summed E-state index contributed by atoms with van der Waals surface area (Å²) in [5, 5.41) is 0.183. The topological polar surface area (TPSA) is 97.1 Å². The lowest BCUT2D eigenvalue weighted by Crippen LogP contribution is -2.46. The molecule has 0 aliphatic rings. The molecule has 0 aliphatic heterocycles. The quantitative estimate of drug-likeness (QED) is 0.443. The first-order valence-corrected chi connectivity index (χ1v) is 10.7. The largest absolute Gasteiger partial charge is 0.492 e. The second-order valence-corrected chi connectivity index (χ2v) is 7.42.